The van der Waals surface area contributed by atoms with Crippen LogP contribution >= 0.6 is 12.2 Å². The molecule has 0 saturated carbocycles. The Kier molecular flexibility index (Phi) is 2.50. The van der Waals surface area contributed by atoms with Gasteiger partial charge in [-0.15, -0.1) is 0 Å². The molecule has 2 rings (SSSR count). The molecular formula is C11H11NOS. The Morgan fingerprint density at radius 3 is 2.64 bits per heavy atom. The molecule has 0 fully saturated rings. The molecule has 0 aliphatic heterocycles. The number of rotatable bonds is 2. The van der Waals surface area contributed by atoms with Crippen LogP contribution in [-0.2, 0) is 6.42 Å². The van der Waals surface area contributed by atoms with Crippen molar-refractivity contribution >= 4 is 12.2 Å². The fraction of sp³-hybridized carbons (Fsp3) is 0.182. The van der Waals surface area contributed by atoms with Crippen LogP contribution in [0.3, 0.4) is 0 Å². The van der Waals surface area contributed by atoms with E-state index >= 15 is 0 Å². The van der Waals surface area contributed by atoms with E-state index in [0.29, 0.717) is 4.84 Å². The summed E-state index contributed by atoms with van der Waals surface area (Å²) in [5.74, 6) is 0.918. The Morgan fingerprint density at radius 1 is 1.29 bits per heavy atom. The monoisotopic (exact) mass is 205 g/mol. The van der Waals surface area contributed by atoms with Gasteiger partial charge in [-0.2, -0.15) is 0 Å². The molecule has 0 unspecified atom stereocenters. The highest BCUT2D eigenvalue weighted by atomic mass is 32.1. The highest BCUT2D eigenvalue weighted by Gasteiger charge is 2.07. The summed E-state index contributed by atoms with van der Waals surface area (Å²) >= 11 is 4.96. The van der Waals surface area contributed by atoms with Crippen LogP contribution in [0, 0.1) is 4.84 Å². The van der Waals surface area contributed by atoms with Crippen LogP contribution in [0.1, 0.15) is 12.7 Å². The Bertz CT molecular complexity index is 470. The molecule has 1 N–H and O–H groups in total. The van der Waals surface area contributed by atoms with Crippen LogP contribution < -0.4 is 0 Å². The molecule has 0 atom stereocenters. The second kappa shape index (κ2) is 3.80. The smallest absolute Gasteiger partial charge is 0.266 e. The zero-order valence-corrected chi connectivity index (χ0v) is 8.73. The van der Waals surface area contributed by atoms with Gasteiger partial charge < -0.3 is 9.40 Å². The van der Waals surface area contributed by atoms with E-state index in [1.54, 1.807) is 0 Å². The van der Waals surface area contributed by atoms with Crippen LogP contribution in [0.5, 0.6) is 0 Å². The summed E-state index contributed by atoms with van der Waals surface area (Å²) in [6.07, 6.45) is 0.845. The van der Waals surface area contributed by atoms with Crippen LogP contribution in [0.15, 0.2) is 34.7 Å². The second-order valence-corrected chi connectivity index (χ2v) is 3.40. The molecule has 3 heteroatoms. The highest BCUT2D eigenvalue weighted by Crippen LogP contribution is 2.22. The first-order valence-electron chi connectivity index (χ1n) is 4.58. The third-order valence-electron chi connectivity index (χ3n) is 2.11. The van der Waals surface area contributed by atoms with Gasteiger partial charge in [0.1, 0.15) is 5.76 Å². The first-order chi connectivity index (χ1) is 6.81. The number of nitrogens with one attached hydrogen (secondary N) is 1. The molecule has 1 heterocycles. The van der Waals surface area contributed by atoms with Gasteiger partial charge in [-0.3, -0.25) is 0 Å². The molecule has 2 nitrogen and oxygen atoms in total. The quantitative estimate of drug-likeness (QED) is 0.759. The largest absolute Gasteiger partial charge is 0.434 e. The van der Waals surface area contributed by atoms with Gasteiger partial charge in [-0.1, -0.05) is 37.3 Å². The van der Waals surface area contributed by atoms with E-state index in [9.17, 15) is 0 Å². The highest BCUT2D eigenvalue weighted by molar-refractivity contribution is 7.71. The van der Waals surface area contributed by atoms with Crippen molar-refractivity contribution in [3.05, 3.63) is 40.9 Å². The molecule has 0 spiro atoms. The Hall–Kier alpha value is -1.35. The summed E-state index contributed by atoms with van der Waals surface area (Å²) < 4.78 is 5.38. The average molecular weight is 205 g/mol. The molecule has 0 aliphatic carbocycles. The van der Waals surface area contributed by atoms with E-state index in [-0.39, 0.29) is 0 Å². The number of benzene rings is 1. The normalized spacial score (nSPS) is 10.4. The van der Waals surface area contributed by atoms with Crippen LogP contribution in [0.2, 0.25) is 0 Å². The molecule has 0 amide bonds. The van der Waals surface area contributed by atoms with E-state index in [1.165, 1.54) is 0 Å². The fourth-order valence-corrected chi connectivity index (χ4v) is 1.65. The third kappa shape index (κ3) is 1.63. The standard InChI is InChI=1S/C11H11NOS/c1-2-9-10(12-11(14)13-9)8-6-4-3-5-7-8/h3-7H,2H2,1H3,(H,12,14). The maximum atomic E-state index is 5.38. The van der Waals surface area contributed by atoms with Crippen molar-refractivity contribution in [3.8, 4) is 11.3 Å². The predicted molar refractivity (Wildman–Crippen MR) is 58.7 cm³/mol. The van der Waals surface area contributed by atoms with Crippen LogP contribution in [0.25, 0.3) is 11.3 Å². The number of hydrogen-bond acceptors (Lipinski definition) is 2. The molecule has 1 aromatic carbocycles. The molecule has 0 radical (unpaired) electrons. The van der Waals surface area contributed by atoms with E-state index in [4.69, 9.17) is 16.6 Å². The maximum absolute atomic E-state index is 5.38. The minimum absolute atomic E-state index is 0.445. The van der Waals surface area contributed by atoms with Gasteiger partial charge in [0.05, 0.1) is 5.69 Å². The first kappa shape index (κ1) is 9.21. The number of hydrogen-bond donors (Lipinski definition) is 1. The lowest BCUT2D eigenvalue weighted by Crippen LogP contribution is -1.82. The molecule has 2 aromatic rings. The van der Waals surface area contributed by atoms with Crippen molar-refractivity contribution in [1.82, 2.24) is 4.98 Å². The van der Waals surface area contributed by atoms with E-state index in [2.05, 4.69) is 4.98 Å². The van der Waals surface area contributed by atoms with E-state index in [1.807, 2.05) is 37.3 Å². The molecular weight excluding hydrogens is 194 g/mol. The van der Waals surface area contributed by atoms with Gasteiger partial charge in [-0.05, 0) is 12.2 Å². The van der Waals surface area contributed by atoms with E-state index in [0.717, 1.165) is 23.4 Å². The lowest BCUT2D eigenvalue weighted by Gasteiger charge is -1.98. The maximum Gasteiger partial charge on any atom is 0.266 e. The lowest BCUT2D eigenvalue weighted by atomic mass is 10.1. The molecule has 0 aliphatic rings. The Morgan fingerprint density at radius 2 is 2.00 bits per heavy atom. The second-order valence-electron chi connectivity index (χ2n) is 3.03. The topological polar surface area (TPSA) is 28.9 Å². The SMILES string of the molecule is CCc1oc(=S)[nH]c1-c1ccccc1. The zero-order valence-electron chi connectivity index (χ0n) is 7.91. The van der Waals surface area contributed by atoms with Crippen molar-refractivity contribution in [2.45, 2.75) is 13.3 Å². The number of aryl methyl sites for hydroxylation is 1. The summed E-state index contributed by atoms with van der Waals surface area (Å²) in [7, 11) is 0. The van der Waals surface area contributed by atoms with Gasteiger partial charge in [0, 0.05) is 12.0 Å². The summed E-state index contributed by atoms with van der Waals surface area (Å²) in [4.78, 5) is 3.51. The van der Waals surface area contributed by atoms with Crippen molar-refractivity contribution in [2.24, 2.45) is 0 Å². The molecule has 1 aromatic heterocycles. The van der Waals surface area contributed by atoms with Gasteiger partial charge in [0.2, 0.25) is 0 Å². The minimum atomic E-state index is 0.445. The molecule has 14 heavy (non-hydrogen) atoms. The summed E-state index contributed by atoms with van der Waals surface area (Å²) in [6.45, 7) is 2.05. The number of H-pyrrole nitrogens is 1. The van der Waals surface area contributed by atoms with Crippen LogP contribution in [0.4, 0.5) is 0 Å². The number of oxazole rings is 1. The van der Waals surface area contributed by atoms with Crippen molar-refractivity contribution < 1.29 is 4.42 Å². The summed E-state index contributed by atoms with van der Waals surface area (Å²) in [5, 5.41) is 0. The first-order valence-corrected chi connectivity index (χ1v) is 4.99. The summed E-state index contributed by atoms with van der Waals surface area (Å²) in [6, 6.07) is 10.1. The Balaban J connectivity index is 2.56. The Labute approximate surface area is 87.6 Å². The molecule has 72 valence electrons. The van der Waals surface area contributed by atoms with Crippen molar-refractivity contribution in [3.63, 3.8) is 0 Å². The third-order valence-corrected chi connectivity index (χ3v) is 2.29. The summed E-state index contributed by atoms with van der Waals surface area (Å²) in [5.41, 5.74) is 2.11. The van der Waals surface area contributed by atoms with Crippen LogP contribution in [-0.4, -0.2) is 4.98 Å². The molecule has 0 saturated heterocycles. The number of aromatic amines is 1. The van der Waals surface area contributed by atoms with Gasteiger partial charge in [0.15, 0.2) is 0 Å². The van der Waals surface area contributed by atoms with Gasteiger partial charge >= 0.3 is 0 Å². The fourth-order valence-electron chi connectivity index (χ4n) is 1.45. The average Bonchev–Trinajstić information content (AvgIpc) is 2.61. The zero-order chi connectivity index (χ0) is 9.97. The minimum Gasteiger partial charge on any atom is -0.434 e. The van der Waals surface area contributed by atoms with Gasteiger partial charge in [-0.25, -0.2) is 0 Å². The lowest BCUT2D eigenvalue weighted by molar-refractivity contribution is 0.496. The van der Waals surface area contributed by atoms with E-state index < -0.39 is 0 Å². The van der Waals surface area contributed by atoms with Gasteiger partial charge in [0.25, 0.3) is 4.84 Å². The predicted octanol–water partition coefficient (Wildman–Crippen LogP) is 3.57. The van der Waals surface area contributed by atoms with Crippen molar-refractivity contribution in [2.75, 3.05) is 0 Å². The molecule has 0 bridgehead atoms. The number of aromatic nitrogens is 1. The van der Waals surface area contributed by atoms with Crippen molar-refractivity contribution in [1.29, 1.82) is 0 Å².